The Balaban J connectivity index is 2.01. The van der Waals surface area contributed by atoms with Crippen molar-refractivity contribution in [3.05, 3.63) is 64.0 Å². The first-order valence-corrected chi connectivity index (χ1v) is 7.32. The van der Waals surface area contributed by atoms with Gasteiger partial charge < -0.3 is 5.32 Å². The summed E-state index contributed by atoms with van der Waals surface area (Å²) < 4.78 is 0. The Morgan fingerprint density at radius 2 is 1.70 bits per heavy atom. The molecule has 0 unspecified atom stereocenters. The number of hydrogen-bond donors (Lipinski definition) is 1. The molecule has 2 aromatic rings. The fourth-order valence-corrected chi connectivity index (χ4v) is 2.48. The van der Waals surface area contributed by atoms with Gasteiger partial charge in [0.1, 0.15) is 0 Å². The smallest absolute Gasteiger partial charge is 0.0573 e. The minimum atomic E-state index is 0.830. The number of rotatable bonds is 5. The van der Waals surface area contributed by atoms with Gasteiger partial charge in [-0.3, -0.25) is 4.98 Å². The average molecular weight is 268 g/mol. The summed E-state index contributed by atoms with van der Waals surface area (Å²) in [5.74, 6) is 0. The highest BCUT2D eigenvalue weighted by molar-refractivity contribution is 5.36. The van der Waals surface area contributed by atoms with Gasteiger partial charge in [0.25, 0.3) is 0 Å². The van der Waals surface area contributed by atoms with Crippen LogP contribution in [0.4, 0.5) is 0 Å². The zero-order valence-electron chi connectivity index (χ0n) is 13.0. The van der Waals surface area contributed by atoms with Gasteiger partial charge in [-0.15, -0.1) is 0 Å². The SMILES string of the molecule is CCc1cccnc1CNCc1cc(C)c(C)cc1C. The Morgan fingerprint density at radius 1 is 0.950 bits per heavy atom. The monoisotopic (exact) mass is 268 g/mol. The van der Waals surface area contributed by atoms with Crippen LogP contribution in [0.15, 0.2) is 30.5 Å². The van der Waals surface area contributed by atoms with Crippen LogP contribution in [0.25, 0.3) is 0 Å². The summed E-state index contributed by atoms with van der Waals surface area (Å²) in [7, 11) is 0. The van der Waals surface area contributed by atoms with Crippen LogP contribution in [0.3, 0.4) is 0 Å². The second-order valence-corrected chi connectivity index (χ2v) is 5.43. The van der Waals surface area contributed by atoms with Crippen LogP contribution in [0.2, 0.25) is 0 Å². The van der Waals surface area contributed by atoms with Crippen molar-refractivity contribution in [1.82, 2.24) is 10.3 Å². The highest BCUT2D eigenvalue weighted by atomic mass is 14.9. The van der Waals surface area contributed by atoms with Gasteiger partial charge in [-0.05, 0) is 61.1 Å². The molecule has 1 heterocycles. The number of nitrogens with zero attached hydrogens (tertiary/aromatic N) is 1. The van der Waals surface area contributed by atoms with Gasteiger partial charge in [0.05, 0.1) is 5.69 Å². The Bertz CT molecular complexity index is 588. The number of aromatic nitrogens is 1. The zero-order valence-corrected chi connectivity index (χ0v) is 13.0. The fraction of sp³-hybridized carbons (Fsp3) is 0.389. The molecule has 0 saturated carbocycles. The third-order valence-corrected chi connectivity index (χ3v) is 3.93. The lowest BCUT2D eigenvalue weighted by atomic mass is 10.0. The molecular formula is C18H24N2. The van der Waals surface area contributed by atoms with E-state index >= 15 is 0 Å². The molecular weight excluding hydrogens is 244 g/mol. The lowest BCUT2D eigenvalue weighted by molar-refractivity contribution is 0.670. The molecule has 0 bridgehead atoms. The van der Waals surface area contributed by atoms with Crippen LogP contribution >= 0.6 is 0 Å². The van der Waals surface area contributed by atoms with Gasteiger partial charge >= 0.3 is 0 Å². The van der Waals surface area contributed by atoms with Crippen molar-refractivity contribution in [1.29, 1.82) is 0 Å². The van der Waals surface area contributed by atoms with E-state index in [1.54, 1.807) is 0 Å². The van der Waals surface area contributed by atoms with E-state index in [2.05, 4.69) is 56.2 Å². The molecule has 0 aliphatic rings. The first kappa shape index (κ1) is 14.7. The van der Waals surface area contributed by atoms with Gasteiger partial charge in [-0.25, -0.2) is 0 Å². The van der Waals surface area contributed by atoms with Gasteiger partial charge in [0.2, 0.25) is 0 Å². The molecule has 0 aliphatic heterocycles. The van der Waals surface area contributed by atoms with Crippen LogP contribution < -0.4 is 5.32 Å². The molecule has 106 valence electrons. The summed E-state index contributed by atoms with van der Waals surface area (Å²) in [6.45, 7) is 10.4. The van der Waals surface area contributed by atoms with Crippen molar-refractivity contribution < 1.29 is 0 Å². The lowest BCUT2D eigenvalue weighted by Gasteiger charge is -2.12. The van der Waals surface area contributed by atoms with Gasteiger partial charge in [0, 0.05) is 19.3 Å². The number of pyridine rings is 1. The average Bonchev–Trinajstić information content (AvgIpc) is 2.45. The normalized spacial score (nSPS) is 10.8. The van der Waals surface area contributed by atoms with Crippen molar-refractivity contribution in [3.63, 3.8) is 0 Å². The van der Waals surface area contributed by atoms with Crippen molar-refractivity contribution in [2.75, 3.05) is 0 Å². The third-order valence-electron chi connectivity index (χ3n) is 3.93. The molecule has 0 fully saturated rings. The van der Waals surface area contributed by atoms with E-state index in [4.69, 9.17) is 0 Å². The van der Waals surface area contributed by atoms with E-state index in [1.807, 2.05) is 12.3 Å². The van der Waals surface area contributed by atoms with Crippen molar-refractivity contribution in [3.8, 4) is 0 Å². The minimum Gasteiger partial charge on any atom is -0.307 e. The number of hydrogen-bond acceptors (Lipinski definition) is 2. The number of aryl methyl sites for hydroxylation is 4. The zero-order chi connectivity index (χ0) is 14.5. The molecule has 1 N–H and O–H groups in total. The van der Waals surface area contributed by atoms with Crippen molar-refractivity contribution in [2.45, 2.75) is 47.2 Å². The second kappa shape index (κ2) is 6.67. The number of nitrogens with one attached hydrogen (secondary N) is 1. The highest BCUT2D eigenvalue weighted by Gasteiger charge is 2.04. The summed E-state index contributed by atoms with van der Waals surface area (Å²) in [6.07, 6.45) is 2.91. The molecule has 1 aromatic heterocycles. The Morgan fingerprint density at radius 3 is 2.45 bits per heavy atom. The summed E-state index contributed by atoms with van der Waals surface area (Å²) in [5, 5.41) is 3.52. The molecule has 0 amide bonds. The Hall–Kier alpha value is -1.67. The summed E-state index contributed by atoms with van der Waals surface area (Å²) in [4.78, 5) is 4.47. The predicted octanol–water partition coefficient (Wildman–Crippen LogP) is 3.86. The topological polar surface area (TPSA) is 24.9 Å². The number of benzene rings is 1. The van der Waals surface area contributed by atoms with Gasteiger partial charge in [0.15, 0.2) is 0 Å². The summed E-state index contributed by atoms with van der Waals surface area (Å²) >= 11 is 0. The van der Waals surface area contributed by atoms with Crippen LogP contribution in [0.1, 0.15) is 40.4 Å². The van der Waals surface area contributed by atoms with Crippen molar-refractivity contribution >= 4 is 0 Å². The Kier molecular flexibility index (Phi) is 4.91. The van der Waals surface area contributed by atoms with Crippen LogP contribution in [-0.4, -0.2) is 4.98 Å². The van der Waals surface area contributed by atoms with Gasteiger partial charge in [-0.2, -0.15) is 0 Å². The van der Waals surface area contributed by atoms with E-state index < -0.39 is 0 Å². The maximum absolute atomic E-state index is 4.47. The maximum Gasteiger partial charge on any atom is 0.0573 e. The summed E-state index contributed by atoms with van der Waals surface area (Å²) in [6, 6.07) is 8.72. The maximum atomic E-state index is 4.47. The molecule has 2 nitrogen and oxygen atoms in total. The van der Waals surface area contributed by atoms with E-state index in [0.29, 0.717) is 0 Å². The molecule has 2 heteroatoms. The minimum absolute atomic E-state index is 0.830. The first-order valence-electron chi connectivity index (χ1n) is 7.32. The quantitative estimate of drug-likeness (QED) is 0.890. The highest BCUT2D eigenvalue weighted by Crippen LogP contribution is 2.15. The van der Waals surface area contributed by atoms with Crippen molar-refractivity contribution in [2.24, 2.45) is 0 Å². The second-order valence-electron chi connectivity index (χ2n) is 5.43. The molecule has 0 aliphatic carbocycles. The van der Waals surface area contributed by atoms with Crippen LogP contribution in [-0.2, 0) is 19.5 Å². The lowest BCUT2D eigenvalue weighted by Crippen LogP contribution is -2.16. The van der Waals surface area contributed by atoms with Gasteiger partial charge in [-0.1, -0.05) is 25.1 Å². The molecule has 2 rings (SSSR count). The van der Waals surface area contributed by atoms with Crippen LogP contribution in [0, 0.1) is 20.8 Å². The molecule has 1 aromatic carbocycles. The van der Waals surface area contributed by atoms with Crippen LogP contribution in [0.5, 0.6) is 0 Å². The molecule has 20 heavy (non-hydrogen) atoms. The molecule has 0 saturated heterocycles. The molecule has 0 radical (unpaired) electrons. The van der Waals surface area contributed by atoms with E-state index in [0.717, 1.165) is 25.2 Å². The molecule has 0 atom stereocenters. The van der Waals surface area contributed by atoms with E-state index in [1.165, 1.54) is 27.8 Å². The molecule has 0 spiro atoms. The standard InChI is InChI=1S/C18H24N2/c1-5-16-7-6-8-20-18(16)12-19-11-17-10-14(3)13(2)9-15(17)4/h6-10,19H,5,11-12H2,1-4H3. The fourth-order valence-electron chi connectivity index (χ4n) is 2.48. The largest absolute Gasteiger partial charge is 0.307 e. The third kappa shape index (κ3) is 3.45. The van der Waals surface area contributed by atoms with E-state index in [9.17, 15) is 0 Å². The van der Waals surface area contributed by atoms with E-state index in [-0.39, 0.29) is 0 Å². The first-order chi connectivity index (χ1) is 9.61. The Labute approximate surface area is 122 Å². The predicted molar refractivity (Wildman–Crippen MR) is 84.8 cm³/mol. The summed E-state index contributed by atoms with van der Waals surface area (Å²) in [5.41, 5.74) is 7.96.